The summed E-state index contributed by atoms with van der Waals surface area (Å²) in [6.45, 7) is 22.8. The monoisotopic (exact) mass is 602 g/mol. The van der Waals surface area contributed by atoms with Gasteiger partial charge in [-0.3, -0.25) is 0 Å². The summed E-state index contributed by atoms with van der Waals surface area (Å²) in [6.07, 6.45) is 5.75. The van der Waals surface area contributed by atoms with Gasteiger partial charge in [-0.2, -0.15) is 0 Å². The van der Waals surface area contributed by atoms with Crippen LogP contribution in [0.3, 0.4) is 0 Å². The van der Waals surface area contributed by atoms with Crippen LogP contribution in [0.1, 0.15) is 114 Å². The lowest BCUT2D eigenvalue weighted by Crippen LogP contribution is -2.70. The minimum absolute atomic E-state index is 0.0203. The van der Waals surface area contributed by atoms with Gasteiger partial charge in [-0.15, -0.1) is 0 Å². The van der Waals surface area contributed by atoms with Crippen molar-refractivity contribution in [1.29, 1.82) is 0 Å². The number of ether oxygens (including phenoxy) is 2. The first-order chi connectivity index (χ1) is 19.9. The van der Waals surface area contributed by atoms with E-state index in [1.165, 1.54) is 11.1 Å². The van der Waals surface area contributed by atoms with Crippen LogP contribution in [0.2, 0.25) is 0 Å². The van der Waals surface area contributed by atoms with Crippen LogP contribution in [0.5, 0.6) is 0 Å². The molecular formula is C37H62O6. The highest BCUT2D eigenvalue weighted by Crippen LogP contribution is 2.76. The molecule has 1 saturated heterocycles. The van der Waals surface area contributed by atoms with Gasteiger partial charge in [-0.05, 0) is 124 Å². The van der Waals surface area contributed by atoms with Crippen molar-refractivity contribution < 1.29 is 29.9 Å². The second kappa shape index (κ2) is 11.5. The van der Waals surface area contributed by atoms with Crippen LogP contribution in [0.4, 0.5) is 0 Å². The van der Waals surface area contributed by atoms with Crippen LogP contribution in [-0.2, 0) is 9.47 Å². The summed E-state index contributed by atoms with van der Waals surface area (Å²) in [4.78, 5) is 0. The molecule has 0 radical (unpaired) electrons. The Hall–Kier alpha value is -0.760. The van der Waals surface area contributed by atoms with Crippen molar-refractivity contribution in [3.63, 3.8) is 0 Å². The summed E-state index contributed by atoms with van der Waals surface area (Å²) in [7, 11) is 0. The van der Waals surface area contributed by atoms with Gasteiger partial charge in [-0.1, -0.05) is 64.8 Å². The maximum atomic E-state index is 12.1. The lowest BCUT2D eigenvalue weighted by Gasteiger charge is -2.72. The molecule has 246 valence electrons. The molecule has 0 aromatic heterocycles. The third-order valence-electron chi connectivity index (χ3n) is 14.5. The van der Waals surface area contributed by atoms with Crippen molar-refractivity contribution in [2.75, 3.05) is 0 Å². The van der Waals surface area contributed by atoms with Gasteiger partial charge in [-0.25, -0.2) is 0 Å². The molecule has 4 aliphatic carbocycles. The van der Waals surface area contributed by atoms with Gasteiger partial charge >= 0.3 is 0 Å². The fourth-order valence-electron chi connectivity index (χ4n) is 11.6. The predicted octanol–water partition coefficient (Wildman–Crippen LogP) is 6.40. The van der Waals surface area contributed by atoms with E-state index in [2.05, 4.69) is 74.5 Å². The van der Waals surface area contributed by atoms with Gasteiger partial charge in [0, 0.05) is 0 Å². The first-order valence-corrected chi connectivity index (χ1v) is 17.2. The van der Waals surface area contributed by atoms with E-state index < -0.39 is 30.7 Å². The maximum absolute atomic E-state index is 12.1. The molecule has 5 rings (SSSR count). The third kappa shape index (κ3) is 5.13. The normalized spacial score (nSPS) is 53.0. The van der Waals surface area contributed by atoms with Gasteiger partial charge in [0.25, 0.3) is 0 Å². The van der Waals surface area contributed by atoms with Crippen LogP contribution >= 0.6 is 0 Å². The molecule has 5 aliphatic rings. The number of rotatable bonds is 5. The van der Waals surface area contributed by atoms with Gasteiger partial charge < -0.3 is 29.9 Å². The molecule has 6 nitrogen and oxygen atoms in total. The molecule has 0 aromatic carbocycles. The molecule has 1 aliphatic heterocycles. The minimum atomic E-state index is -1.31. The van der Waals surface area contributed by atoms with E-state index in [0.717, 1.165) is 44.9 Å². The number of allylic oxidation sites excluding steroid dienone is 4. The highest BCUT2D eigenvalue weighted by molar-refractivity contribution is 5.24. The van der Waals surface area contributed by atoms with Crippen LogP contribution in [0, 0.1) is 51.2 Å². The Labute approximate surface area is 261 Å². The number of aliphatic hydroxyl groups is 4. The zero-order valence-electron chi connectivity index (χ0n) is 28.6. The number of aliphatic hydroxyl groups excluding tert-OH is 4. The molecule has 0 aromatic rings. The Kier molecular flexibility index (Phi) is 8.98. The summed E-state index contributed by atoms with van der Waals surface area (Å²) in [5, 5.41) is 44.1. The second-order valence-corrected chi connectivity index (χ2v) is 17.1. The van der Waals surface area contributed by atoms with E-state index in [1.54, 1.807) is 6.92 Å². The Balaban J connectivity index is 1.55. The molecule has 0 spiro atoms. The smallest absolute Gasteiger partial charge is 0.186 e. The zero-order valence-corrected chi connectivity index (χ0v) is 28.6. The summed E-state index contributed by atoms with van der Waals surface area (Å²) >= 11 is 0. The molecule has 5 fully saturated rings. The van der Waals surface area contributed by atoms with E-state index in [0.29, 0.717) is 17.8 Å². The zero-order chi connectivity index (χ0) is 31.9. The summed E-state index contributed by atoms with van der Waals surface area (Å²) < 4.78 is 13.0. The highest BCUT2D eigenvalue weighted by Gasteiger charge is 2.72. The average molecular weight is 603 g/mol. The number of hydrogen-bond acceptors (Lipinski definition) is 6. The summed E-state index contributed by atoms with van der Waals surface area (Å²) in [6, 6.07) is 0. The molecule has 4 N–H and O–H groups in total. The number of hydrogen-bond donors (Lipinski definition) is 4. The van der Waals surface area contributed by atoms with Gasteiger partial charge in [0.2, 0.25) is 0 Å². The fraction of sp³-hybridized carbons (Fsp3) is 0.892. The van der Waals surface area contributed by atoms with Crippen molar-refractivity contribution >= 4 is 0 Å². The quantitative estimate of drug-likeness (QED) is 0.215. The molecule has 4 saturated carbocycles. The van der Waals surface area contributed by atoms with E-state index in [9.17, 15) is 20.4 Å². The fourth-order valence-corrected chi connectivity index (χ4v) is 11.6. The van der Waals surface area contributed by atoms with Crippen molar-refractivity contribution in [2.45, 2.75) is 157 Å². The molecule has 43 heavy (non-hydrogen) atoms. The Bertz CT molecular complexity index is 1090. The Morgan fingerprint density at radius 1 is 0.860 bits per heavy atom. The molecule has 1 heterocycles. The highest BCUT2D eigenvalue weighted by atomic mass is 16.7. The average Bonchev–Trinajstić information content (AvgIpc) is 3.29. The van der Waals surface area contributed by atoms with Gasteiger partial charge in [0.15, 0.2) is 6.29 Å². The third-order valence-corrected chi connectivity index (χ3v) is 14.5. The molecule has 0 bridgehead atoms. The molecular weight excluding hydrogens is 540 g/mol. The van der Waals surface area contributed by atoms with Crippen molar-refractivity contribution in [3.8, 4) is 0 Å². The summed E-state index contributed by atoms with van der Waals surface area (Å²) in [5.41, 5.74) is 2.52. The van der Waals surface area contributed by atoms with Gasteiger partial charge in [0.1, 0.15) is 18.3 Å². The molecule has 9 unspecified atom stereocenters. The number of fused-ring (bicyclic) bond motifs is 5. The first-order valence-electron chi connectivity index (χ1n) is 17.2. The Morgan fingerprint density at radius 2 is 1.53 bits per heavy atom. The molecule has 0 amide bonds. The van der Waals surface area contributed by atoms with Crippen LogP contribution in [0.15, 0.2) is 23.3 Å². The standard InChI is InChI=1S/C37H62O6/c1-20(2)12-11-13-21(3)24-15-17-36(9)28(24)25(38)18-27-35(8)16-14-22(4)34(6,7)32(35)26(19-37(27,36)10)43-33-31(41)30(40)29(39)23(5)42-33/h12-13,22-33,38-41H,11,14-19H2,1-10H3/b21-13+/t22-,23?,24?,25+,26-,27?,28?,29?,30?,31?,32?,33?,35+,36+,37+/m0/s1. The molecule has 15 atom stereocenters. The lowest BCUT2D eigenvalue weighted by molar-refractivity contribution is -0.340. The predicted molar refractivity (Wildman–Crippen MR) is 170 cm³/mol. The van der Waals surface area contributed by atoms with E-state index >= 15 is 0 Å². The van der Waals surface area contributed by atoms with E-state index in [4.69, 9.17) is 9.47 Å². The Morgan fingerprint density at radius 3 is 2.19 bits per heavy atom. The van der Waals surface area contributed by atoms with E-state index in [1.807, 2.05) is 0 Å². The lowest BCUT2D eigenvalue weighted by atomic mass is 9.34. The van der Waals surface area contributed by atoms with Crippen LogP contribution in [-0.4, -0.2) is 63.3 Å². The molecule has 6 heteroatoms. The SMILES string of the molecule is CC(C)=CC/C=C(\C)C1CC[C@]2(C)C1[C@H](O)CC1[C@@]3(C)CC[C@H](C)C(C)(C)C3[C@@H](OC3OC(C)C(O)C(O)C3O)C[C@]12C. The van der Waals surface area contributed by atoms with Crippen LogP contribution < -0.4 is 0 Å². The summed E-state index contributed by atoms with van der Waals surface area (Å²) in [5.74, 6) is 1.63. The second-order valence-electron chi connectivity index (χ2n) is 17.1. The first kappa shape index (κ1) is 33.6. The minimum Gasteiger partial charge on any atom is -0.393 e. The largest absolute Gasteiger partial charge is 0.393 e. The van der Waals surface area contributed by atoms with Crippen molar-refractivity contribution in [1.82, 2.24) is 0 Å². The van der Waals surface area contributed by atoms with E-state index in [-0.39, 0.29) is 45.7 Å². The topological polar surface area (TPSA) is 99.4 Å². The van der Waals surface area contributed by atoms with Crippen molar-refractivity contribution in [2.24, 2.45) is 51.2 Å². The maximum Gasteiger partial charge on any atom is 0.186 e. The van der Waals surface area contributed by atoms with Crippen molar-refractivity contribution in [3.05, 3.63) is 23.3 Å². The van der Waals surface area contributed by atoms with Crippen LogP contribution in [0.25, 0.3) is 0 Å². The van der Waals surface area contributed by atoms with Gasteiger partial charge in [0.05, 0.1) is 18.3 Å².